The van der Waals surface area contributed by atoms with E-state index in [1.54, 1.807) is 16.2 Å². The van der Waals surface area contributed by atoms with Crippen molar-refractivity contribution in [2.45, 2.75) is 31.3 Å². The van der Waals surface area contributed by atoms with Gasteiger partial charge in [-0.3, -0.25) is 9.59 Å². The zero-order valence-corrected chi connectivity index (χ0v) is 19.4. The van der Waals surface area contributed by atoms with Crippen LogP contribution in [0, 0.1) is 0 Å². The Hall–Kier alpha value is -2.44. The fraction of sp³-hybridized carbons (Fsp3) is 0.280. The van der Waals surface area contributed by atoms with Crippen LogP contribution in [0.2, 0.25) is 0 Å². The minimum absolute atomic E-state index is 0.0120. The van der Waals surface area contributed by atoms with Crippen molar-refractivity contribution >= 4 is 39.1 Å². The van der Waals surface area contributed by atoms with Crippen LogP contribution in [0.1, 0.15) is 45.2 Å². The van der Waals surface area contributed by atoms with Crippen LogP contribution < -0.4 is 0 Å². The fourth-order valence-electron chi connectivity index (χ4n) is 4.36. The van der Waals surface area contributed by atoms with Crippen molar-refractivity contribution < 1.29 is 9.59 Å². The lowest BCUT2D eigenvalue weighted by Crippen LogP contribution is -2.47. The number of benzene rings is 2. The molecule has 158 valence electrons. The van der Waals surface area contributed by atoms with Gasteiger partial charge < -0.3 is 9.80 Å². The zero-order valence-electron chi connectivity index (χ0n) is 17.0. The van der Waals surface area contributed by atoms with Gasteiger partial charge in [-0.1, -0.05) is 42.5 Å². The molecule has 0 saturated heterocycles. The molecule has 2 amide bonds. The molecule has 6 heteroatoms. The third kappa shape index (κ3) is 4.06. The number of rotatable bonds is 5. The minimum Gasteiger partial charge on any atom is -0.330 e. The molecule has 1 aliphatic heterocycles. The summed E-state index contributed by atoms with van der Waals surface area (Å²) < 4.78 is 0.765. The van der Waals surface area contributed by atoms with Gasteiger partial charge in [-0.2, -0.15) is 0 Å². The van der Waals surface area contributed by atoms with Crippen LogP contribution in [-0.2, 0) is 11.2 Å². The molecule has 2 aliphatic rings. The number of thiophene rings is 1. The lowest BCUT2D eigenvalue weighted by Gasteiger charge is -2.37. The van der Waals surface area contributed by atoms with E-state index in [1.165, 1.54) is 10.4 Å². The molecule has 0 spiro atoms. The van der Waals surface area contributed by atoms with Gasteiger partial charge in [0.1, 0.15) is 6.54 Å². The molecule has 1 aliphatic carbocycles. The summed E-state index contributed by atoms with van der Waals surface area (Å²) in [6.07, 6.45) is 2.78. The molecule has 0 radical (unpaired) electrons. The monoisotopic (exact) mass is 494 g/mol. The maximum absolute atomic E-state index is 13.6. The van der Waals surface area contributed by atoms with Crippen molar-refractivity contribution in [2.75, 3.05) is 13.1 Å². The van der Waals surface area contributed by atoms with Crippen LogP contribution >= 0.6 is 27.3 Å². The Labute approximate surface area is 194 Å². The van der Waals surface area contributed by atoms with E-state index in [1.807, 2.05) is 47.4 Å². The van der Waals surface area contributed by atoms with Gasteiger partial charge in [-0.15, -0.1) is 11.3 Å². The number of halogens is 1. The van der Waals surface area contributed by atoms with Crippen LogP contribution in [0.3, 0.4) is 0 Å². The third-order valence-electron chi connectivity index (χ3n) is 6.06. The second-order valence-electron chi connectivity index (χ2n) is 8.09. The molecule has 1 atom stereocenters. The Bertz CT molecular complexity index is 1110. The third-order valence-corrected chi connectivity index (χ3v) is 7.75. The van der Waals surface area contributed by atoms with Crippen LogP contribution in [0.5, 0.6) is 0 Å². The number of hydrogen-bond acceptors (Lipinski definition) is 3. The van der Waals surface area contributed by atoms with Gasteiger partial charge in [0.25, 0.3) is 5.91 Å². The van der Waals surface area contributed by atoms with E-state index in [2.05, 4.69) is 39.5 Å². The molecule has 2 aromatic carbocycles. The number of carbonyl (C=O) groups excluding carboxylic acids is 2. The fourth-order valence-corrected chi connectivity index (χ4v) is 5.72. The highest BCUT2D eigenvalue weighted by Crippen LogP contribution is 2.38. The number of nitrogens with zero attached hydrogens (tertiary/aromatic N) is 2. The first-order valence-corrected chi connectivity index (χ1v) is 12.3. The highest BCUT2D eigenvalue weighted by molar-refractivity contribution is 9.10. The van der Waals surface area contributed by atoms with E-state index in [4.69, 9.17) is 0 Å². The molecule has 2 heterocycles. The predicted molar refractivity (Wildman–Crippen MR) is 126 cm³/mol. The summed E-state index contributed by atoms with van der Waals surface area (Å²) in [5.41, 5.74) is 2.94. The highest BCUT2D eigenvalue weighted by atomic mass is 79.9. The molecular weight excluding hydrogens is 472 g/mol. The summed E-state index contributed by atoms with van der Waals surface area (Å²) in [7, 11) is 0. The summed E-state index contributed by atoms with van der Waals surface area (Å²) in [5.74, 6) is -0.0641. The van der Waals surface area contributed by atoms with E-state index in [0.29, 0.717) is 12.1 Å². The molecule has 0 bridgehead atoms. The number of fused-ring (bicyclic) bond motifs is 1. The molecular formula is C25H23BrN2O2S. The van der Waals surface area contributed by atoms with Gasteiger partial charge in [0.2, 0.25) is 5.91 Å². The normalized spacial score (nSPS) is 17.8. The average molecular weight is 495 g/mol. The van der Waals surface area contributed by atoms with Gasteiger partial charge in [-0.25, -0.2) is 0 Å². The maximum atomic E-state index is 13.6. The van der Waals surface area contributed by atoms with Crippen molar-refractivity contribution in [1.29, 1.82) is 0 Å². The maximum Gasteiger partial charge on any atom is 0.255 e. The van der Waals surface area contributed by atoms with Crippen LogP contribution in [0.4, 0.5) is 0 Å². The second-order valence-corrected chi connectivity index (χ2v) is 9.95. The molecule has 1 fully saturated rings. The largest absolute Gasteiger partial charge is 0.330 e. The van der Waals surface area contributed by atoms with Gasteiger partial charge in [0.15, 0.2) is 0 Å². The van der Waals surface area contributed by atoms with Gasteiger partial charge in [-0.05, 0) is 69.9 Å². The van der Waals surface area contributed by atoms with E-state index in [0.717, 1.165) is 29.3 Å². The standard InChI is InChI=1S/C25H23BrN2O2S/c26-21-9-5-4-8-19(21)25(30)28(18-10-11-18)16-23(29)27-14-12-22-20(13-15-31-22)24(27)17-6-2-1-3-7-17/h1-9,13,15,18,24H,10-12,14,16H2/t24-/m1/s1. The summed E-state index contributed by atoms with van der Waals surface area (Å²) >= 11 is 5.25. The molecule has 3 aromatic rings. The molecule has 1 saturated carbocycles. The number of carbonyl (C=O) groups is 2. The van der Waals surface area contributed by atoms with E-state index >= 15 is 0 Å². The van der Waals surface area contributed by atoms with Gasteiger partial charge in [0, 0.05) is 21.9 Å². The number of hydrogen-bond donors (Lipinski definition) is 0. The van der Waals surface area contributed by atoms with E-state index in [-0.39, 0.29) is 30.4 Å². The summed E-state index contributed by atoms with van der Waals surface area (Å²) in [6.45, 7) is 0.793. The predicted octanol–water partition coefficient (Wildman–Crippen LogP) is 5.29. The SMILES string of the molecule is O=C(c1ccccc1Br)N(CC(=O)N1CCc2sccc2[C@H]1c1ccccc1)C1CC1. The van der Waals surface area contributed by atoms with Crippen molar-refractivity contribution in [3.8, 4) is 0 Å². The minimum atomic E-state index is -0.0942. The first kappa shape index (κ1) is 20.5. The van der Waals surface area contributed by atoms with E-state index in [9.17, 15) is 9.59 Å². The topological polar surface area (TPSA) is 40.6 Å². The van der Waals surface area contributed by atoms with Gasteiger partial charge in [0.05, 0.1) is 11.6 Å². The smallest absolute Gasteiger partial charge is 0.255 e. The molecule has 0 unspecified atom stereocenters. The van der Waals surface area contributed by atoms with E-state index < -0.39 is 0 Å². The molecule has 5 rings (SSSR count). The quantitative estimate of drug-likeness (QED) is 0.483. The number of amides is 2. The van der Waals surface area contributed by atoms with Crippen molar-refractivity contribution in [3.63, 3.8) is 0 Å². The summed E-state index contributed by atoms with van der Waals surface area (Å²) in [5, 5.41) is 2.11. The van der Waals surface area contributed by atoms with Crippen molar-refractivity contribution in [3.05, 3.63) is 92.1 Å². The Morgan fingerprint density at radius 3 is 2.52 bits per heavy atom. The zero-order chi connectivity index (χ0) is 21.4. The highest BCUT2D eigenvalue weighted by Gasteiger charge is 2.38. The first-order chi connectivity index (χ1) is 15.1. The summed E-state index contributed by atoms with van der Waals surface area (Å²) in [6, 6.07) is 19.8. The Balaban J connectivity index is 1.43. The summed E-state index contributed by atoms with van der Waals surface area (Å²) in [4.78, 5) is 32.0. The lowest BCUT2D eigenvalue weighted by molar-refractivity contribution is -0.134. The lowest BCUT2D eigenvalue weighted by atomic mass is 9.93. The Morgan fingerprint density at radius 1 is 1.03 bits per heavy atom. The van der Waals surface area contributed by atoms with Crippen molar-refractivity contribution in [1.82, 2.24) is 9.80 Å². The molecule has 31 heavy (non-hydrogen) atoms. The first-order valence-electron chi connectivity index (χ1n) is 10.6. The Kier molecular flexibility index (Phi) is 5.67. The van der Waals surface area contributed by atoms with Crippen LogP contribution in [-0.4, -0.2) is 40.7 Å². The second kappa shape index (κ2) is 8.60. The molecule has 1 aromatic heterocycles. The van der Waals surface area contributed by atoms with Crippen LogP contribution in [0.15, 0.2) is 70.5 Å². The van der Waals surface area contributed by atoms with Gasteiger partial charge >= 0.3 is 0 Å². The average Bonchev–Trinajstić information content (AvgIpc) is 3.53. The van der Waals surface area contributed by atoms with Crippen molar-refractivity contribution in [2.24, 2.45) is 0 Å². The van der Waals surface area contributed by atoms with Crippen LogP contribution in [0.25, 0.3) is 0 Å². The molecule has 0 N–H and O–H groups in total. The Morgan fingerprint density at radius 2 is 1.77 bits per heavy atom. The molecule has 4 nitrogen and oxygen atoms in total.